The molecule has 0 aliphatic heterocycles. The summed E-state index contributed by atoms with van der Waals surface area (Å²) < 4.78 is 0. The Morgan fingerprint density at radius 1 is 1.25 bits per heavy atom. The Morgan fingerprint density at radius 3 is 2.55 bits per heavy atom. The summed E-state index contributed by atoms with van der Waals surface area (Å²) in [7, 11) is 0. The second kappa shape index (κ2) is 6.61. The van der Waals surface area contributed by atoms with E-state index >= 15 is 0 Å². The second-order valence-corrected chi connectivity index (χ2v) is 5.42. The summed E-state index contributed by atoms with van der Waals surface area (Å²) in [6, 6.07) is 4.03. The molecule has 1 aliphatic carbocycles. The van der Waals surface area contributed by atoms with Crippen molar-refractivity contribution in [2.45, 2.75) is 38.1 Å². The van der Waals surface area contributed by atoms with Gasteiger partial charge in [-0.2, -0.15) is 0 Å². The van der Waals surface area contributed by atoms with Crippen LogP contribution >= 0.6 is 0 Å². The van der Waals surface area contributed by atoms with E-state index in [9.17, 15) is 15.0 Å². The number of phenolic OH excluding ortho intramolecular Hbond substituents is 2. The standard InChI is InChI=1S/C15H22N2O3/c16-9-12(10-4-2-1-3-5-10)17-15(20)11-6-7-13(18)14(19)8-11/h6-8,10,12,18-19H,1-5,9,16H2,(H,17,20). The largest absolute Gasteiger partial charge is 0.504 e. The van der Waals surface area contributed by atoms with Crippen molar-refractivity contribution in [1.29, 1.82) is 0 Å². The molecule has 0 saturated heterocycles. The van der Waals surface area contributed by atoms with E-state index in [1.54, 1.807) is 0 Å². The second-order valence-electron chi connectivity index (χ2n) is 5.42. The van der Waals surface area contributed by atoms with Crippen LogP contribution in [-0.4, -0.2) is 28.7 Å². The summed E-state index contributed by atoms with van der Waals surface area (Å²) in [4.78, 5) is 12.2. The van der Waals surface area contributed by atoms with Crippen LogP contribution < -0.4 is 11.1 Å². The van der Waals surface area contributed by atoms with Crippen LogP contribution in [0.25, 0.3) is 0 Å². The molecule has 0 bridgehead atoms. The van der Waals surface area contributed by atoms with Gasteiger partial charge in [0.05, 0.1) is 0 Å². The maximum absolute atomic E-state index is 12.2. The lowest BCUT2D eigenvalue weighted by molar-refractivity contribution is 0.0915. The van der Waals surface area contributed by atoms with Gasteiger partial charge in [-0.3, -0.25) is 4.79 Å². The number of hydrogen-bond donors (Lipinski definition) is 4. The molecule has 0 radical (unpaired) electrons. The molecule has 1 fully saturated rings. The van der Waals surface area contributed by atoms with Crippen molar-refractivity contribution >= 4 is 5.91 Å². The third-order valence-corrected chi connectivity index (χ3v) is 4.03. The summed E-state index contributed by atoms with van der Waals surface area (Å²) in [5.74, 6) is -0.353. The fourth-order valence-electron chi connectivity index (χ4n) is 2.82. The lowest BCUT2D eigenvalue weighted by Crippen LogP contribution is -2.45. The third kappa shape index (κ3) is 3.42. The number of carbonyl (C=O) groups excluding carboxylic acids is 1. The molecule has 1 amide bonds. The molecule has 20 heavy (non-hydrogen) atoms. The normalized spacial score (nSPS) is 17.6. The third-order valence-electron chi connectivity index (χ3n) is 4.03. The first-order chi connectivity index (χ1) is 9.61. The lowest BCUT2D eigenvalue weighted by Gasteiger charge is -2.30. The highest BCUT2D eigenvalue weighted by molar-refractivity contribution is 5.95. The maximum Gasteiger partial charge on any atom is 0.251 e. The molecule has 0 aromatic heterocycles. The summed E-state index contributed by atoms with van der Waals surface area (Å²) in [5, 5.41) is 21.6. The Morgan fingerprint density at radius 2 is 1.95 bits per heavy atom. The number of benzene rings is 1. The quantitative estimate of drug-likeness (QED) is 0.631. The summed E-state index contributed by atoms with van der Waals surface area (Å²) in [6.45, 7) is 0.417. The zero-order chi connectivity index (χ0) is 14.5. The average Bonchev–Trinajstić information content (AvgIpc) is 2.48. The molecule has 5 N–H and O–H groups in total. The van der Waals surface area contributed by atoms with E-state index in [0.717, 1.165) is 12.8 Å². The molecule has 1 aromatic carbocycles. The molecule has 0 heterocycles. The Balaban J connectivity index is 2.02. The van der Waals surface area contributed by atoms with Crippen molar-refractivity contribution in [3.05, 3.63) is 23.8 Å². The van der Waals surface area contributed by atoms with E-state index in [0.29, 0.717) is 18.0 Å². The van der Waals surface area contributed by atoms with Crippen molar-refractivity contribution in [3.8, 4) is 11.5 Å². The number of rotatable bonds is 4. The minimum absolute atomic E-state index is 0.0289. The number of nitrogens with one attached hydrogen (secondary N) is 1. The molecule has 5 nitrogen and oxygen atoms in total. The maximum atomic E-state index is 12.2. The Hall–Kier alpha value is -1.75. The summed E-state index contributed by atoms with van der Waals surface area (Å²) in [6.07, 6.45) is 5.84. The Bertz CT molecular complexity index is 470. The molecule has 5 heteroatoms. The first kappa shape index (κ1) is 14.7. The summed E-state index contributed by atoms with van der Waals surface area (Å²) >= 11 is 0. The lowest BCUT2D eigenvalue weighted by atomic mass is 9.84. The zero-order valence-electron chi connectivity index (χ0n) is 11.5. The number of phenols is 2. The average molecular weight is 278 g/mol. The molecule has 1 aromatic rings. The van der Waals surface area contributed by atoms with Crippen LogP contribution in [0.3, 0.4) is 0 Å². The summed E-state index contributed by atoms with van der Waals surface area (Å²) in [5.41, 5.74) is 6.11. The predicted molar refractivity (Wildman–Crippen MR) is 76.7 cm³/mol. The number of aromatic hydroxyl groups is 2. The van der Waals surface area contributed by atoms with Gasteiger partial charge in [0.25, 0.3) is 5.91 Å². The zero-order valence-corrected chi connectivity index (χ0v) is 11.5. The van der Waals surface area contributed by atoms with Gasteiger partial charge >= 0.3 is 0 Å². The molecule has 2 rings (SSSR count). The number of hydrogen-bond acceptors (Lipinski definition) is 4. The van der Waals surface area contributed by atoms with Crippen molar-refractivity contribution < 1.29 is 15.0 Å². The minimum Gasteiger partial charge on any atom is -0.504 e. The van der Waals surface area contributed by atoms with Gasteiger partial charge in [-0.15, -0.1) is 0 Å². The van der Waals surface area contributed by atoms with Gasteiger partial charge in [0.15, 0.2) is 11.5 Å². The molecule has 1 atom stereocenters. The van der Waals surface area contributed by atoms with Crippen LogP contribution in [0.5, 0.6) is 11.5 Å². The molecule has 0 spiro atoms. The van der Waals surface area contributed by atoms with Crippen molar-refractivity contribution in [2.24, 2.45) is 11.7 Å². The number of nitrogens with two attached hydrogens (primary N) is 1. The van der Waals surface area contributed by atoms with Gasteiger partial charge in [0.2, 0.25) is 0 Å². The van der Waals surface area contributed by atoms with Crippen LogP contribution in [0.1, 0.15) is 42.5 Å². The van der Waals surface area contributed by atoms with Gasteiger partial charge in [-0.05, 0) is 37.0 Å². The highest BCUT2D eigenvalue weighted by Gasteiger charge is 2.24. The first-order valence-corrected chi connectivity index (χ1v) is 7.14. The van der Waals surface area contributed by atoms with Crippen molar-refractivity contribution in [3.63, 3.8) is 0 Å². The molecule has 1 unspecified atom stereocenters. The van der Waals surface area contributed by atoms with Gasteiger partial charge in [0.1, 0.15) is 0 Å². The van der Waals surface area contributed by atoms with Crippen LogP contribution in [0, 0.1) is 5.92 Å². The van der Waals surface area contributed by atoms with Crippen molar-refractivity contribution in [1.82, 2.24) is 5.32 Å². The van der Waals surface area contributed by atoms with E-state index in [-0.39, 0.29) is 23.4 Å². The molecule has 110 valence electrons. The fourth-order valence-corrected chi connectivity index (χ4v) is 2.82. The minimum atomic E-state index is -0.292. The monoisotopic (exact) mass is 278 g/mol. The molecular weight excluding hydrogens is 256 g/mol. The highest BCUT2D eigenvalue weighted by atomic mass is 16.3. The van der Waals surface area contributed by atoms with E-state index in [2.05, 4.69) is 5.32 Å². The van der Waals surface area contributed by atoms with Crippen LogP contribution in [-0.2, 0) is 0 Å². The van der Waals surface area contributed by atoms with E-state index in [4.69, 9.17) is 5.73 Å². The predicted octanol–water partition coefficient (Wildman–Crippen LogP) is 1.74. The Labute approximate surface area is 118 Å². The van der Waals surface area contributed by atoms with E-state index < -0.39 is 0 Å². The van der Waals surface area contributed by atoms with Gasteiger partial charge in [0, 0.05) is 18.2 Å². The van der Waals surface area contributed by atoms with Gasteiger partial charge in [-0.25, -0.2) is 0 Å². The number of carbonyl (C=O) groups is 1. The SMILES string of the molecule is NCC(NC(=O)c1ccc(O)c(O)c1)C1CCCCC1. The van der Waals surface area contributed by atoms with Gasteiger partial charge < -0.3 is 21.3 Å². The molecular formula is C15H22N2O3. The fraction of sp³-hybridized carbons (Fsp3) is 0.533. The van der Waals surface area contributed by atoms with Crippen LogP contribution in [0.15, 0.2) is 18.2 Å². The highest BCUT2D eigenvalue weighted by Crippen LogP contribution is 2.27. The van der Waals surface area contributed by atoms with Crippen LogP contribution in [0.2, 0.25) is 0 Å². The smallest absolute Gasteiger partial charge is 0.251 e. The van der Waals surface area contributed by atoms with E-state index in [1.807, 2.05) is 0 Å². The topological polar surface area (TPSA) is 95.6 Å². The number of amides is 1. The van der Waals surface area contributed by atoms with Crippen molar-refractivity contribution in [2.75, 3.05) is 6.54 Å². The van der Waals surface area contributed by atoms with Crippen LogP contribution in [0.4, 0.5) is 0 Å². The Kier molecular flexibility index (Phi) is 4.84. The molecule has 1 saturated carbocycles. The first-order valence-electron chi connectivity index (χ1n) is 7.14. The van der Waals surface area contributed by atoms with Gasteiger partial charge in [-0.1, -0.05) is 19.3 Å². The molecule has 1 aliphatic rings. The van der Waals surface area contributed by atoms with E-state index in [1.165, 1.54) is 37.5 Å².